The summed E-state index contributed by atoms with van der Waals surface area (Å²) in [5.41, 5.74) is 0. The maximum absolute atomic E-state index is 12.1. The van der Waals surface area contributed by atoms with Crippen molar-refractivity contribution < 1.29 is 23.2 Å². The molecule has 2 aromatic carbocycles. The molecule has 0 spiro atoms. The van der Waals surface area contributed by atoms with Gasteiger partial charge in [-0.25, -0.2) is 4.57 Å². The Kier molecular flexibility index (Phi) is 13.0. The fourth-order valence-electron chi connectivity index (χ4n) is 3.50. The second kappa shape index (κ2) is 15.8. The Hall–Kier alpha value is -1.97. The van der Waals surface area contributed by atoms with Gasteiger partial charge in [-0.3, -0.25) is 4.89 Å². The summed E-state index contributed by atoms with van der Waals surface area (Å²) < 4.78 is 28.0. The van der Waals surface area contributed by atoms with Crippen molar-refractivity contribution in [1.29, 1.82) is 0 Å². The summed E-state index contributed by atoms with van der Waals surface area (Å²) in [5.74, 6) is 1.25. The smallest absolute Gasteiger partial charge is 0.494 e. The Bertz CT molecular complexity index is 764. The first kappa shape index (κ1) is 26.3. The van der Waals surface area contributed by atoms with Gasteiger partial charge in [0.1, 0.15) is 17.2 Å². The van der Waals surface area contributed by atoms with E-state index in [1.807, 2.05) is 0 Å². The van der Waals surface area contributed by atoms with Crippen LogP contribution in [-0.2, 0) is 4.57 Å². The summed E-state index contributed by atoms with van der Waals surface area (Å²) >= 11 is 0. The van der Waals surface area contributed by atoms with E-state index in [4.69, 9.17) is 13.8 Å². The minimum atomic E-state index is -4.24. The topological polar surface area (TPSA) is 65.0 Å². The number of para-hydroxylation sites is 1. The molecule has 0 heterocycles. The van der Waals surface area contributed by atoms with E-state index >= 15 is 0 Å². The van der Waals surface area contributed by atoms with Crippen LogP contribution in [0.15, 0.2) is 54.6 Å². The van der Waals surface area contributed by atoms with Crippen LogP contribution >= 0.6 is 7.82 Å². The number of phosphoric acid groups is 1. The number of ether oxygens (including phenoxy) is 1. The second-order valence-corrected chi connectivity index (χ2v) is 9.48. The lowest BCUT2D eigenvalue weighted by molar-refractivity contribution is 0.289. The van der Waals surface area contributed by atoms with Crippen LogP contribution < -0.4 is 13.8 Å². The molecular formula is C26H39O5P. The summed E-state index contributed by atoms with van der Waals surface area (Å²) in [6.45, 7) is 2.94. The van der Waals surface area contributed by atoms with E-state index in [0.717, 1.165) is 12.2 Å². The van der Waals surface area contributed by atoms with Gasteiger partial charge < -0.3 is 13.8 Å². The lowest BCUT2D eigenvalue weighted by atomic mass is 10.1. The van der Waals surface area contributed by atoms with Gasteiger partial charge in [0.05, 0.1) is 6.61 Å². The molecule has 2 rings (SSSR count). The summed E-state index contributed by atoms with van der Waals surface area (Å²) in [6, 6.07) is 15.1. The molecule has 178 valence electrons. The van der Waals surface area contributed by atoms with Crippen molar-refractivity contribution in [3.8, 4) is 17.2 Å². The fraction of sp³-hybridized carbons (Fsp3) is 0.538. The van der Waals surface area contributed by atoms with Crippen LogP contribution in [0.3, 0.4) is 0 Å². The highest BCUT2D eigenvalue weighted by Gasteiger charge is 2.24. The van der Waals surface area contributed by atoms with Crippen molar-refractivity contribution in [2.45, 2.75) is 84.0 Å². The zero-order chi connectivity index (χ0) is 22.9. The van der Waals surface area contributed by atoms with Crippen LogP contribution in [0.25, 0.3) is 0 Å². The normalized spacial score (nSPS) is 12.8. The van der Waals surface area contributed by atoms with E-state index in [0.29, 0.717) is 6.61 Å². The standard InChI is InChI=1S/C26H39O5P/c1-2-3-4-5-6-7-8-9-10-11-12-16-23-29-24-19-21-26(22-20-24)31-32(27,28)30-25-17-14-13-15-18-25/h13-15,17-22H,2-12,16,23H2,1H3,(H,27,28). The third-order valence-corrected chi connectivity index (χ3v) is 6.16. The molecule has 0 radical (unpaired) electrons. The van der Waals surface area contributed by atoms with E-state index in [2.05, 4.69) is 6.92 Å². The zero-order valence-corrected chi connectivity index (χ0v) is 20.3. The van der Waals surface area contributed by atoms with Gasteiger partial charge in [0.2, 0.25) is 0 Å². The van der Waals surface area contributed by atoms with Crippen LogP contribution in [0.5, 0.6) is 17.2 Å². The van der Waals surface area contributed by atoms with Crippen molar-refractivity contribution in [2.75, 3.05) is 6.61 Å². The molecule has 32 heavy (non-hydrogen) atoms. The van der Waals surface area contributed by atoms with Gasteiger partial charge in [0.15, 0.2) is 0 Å². The molecule has 0 saturated carbocycles. The van der Waals surface area contributed by atoms with Crippen molar-refractivity contribution in [3.63, 3.8) is 0 Å². The Morgan fingerprint density at radius 2 is 1.06 bits per heavy atom. The van der Waals surface area contributed by atoms with Crippen molar-refractivity contribution in [3.05, 3.63) is 54.6 Å². The molecule has 0 amide bonds. The minimum Gasteiger partial charge on any atom is -0.494 e. The van der Waals surface area contributed by atoms with Crippen molar-refractivity contribution >= 4 is 7.82 Å². The second-order valence-electron chi connectivity index (χ2n) is 8.17. The van der Waals surface area contributed by atoms with Gasteiger partial charge in [-0.05, 0) is 42.8 Å². The van der Waals surface area contributed by atoms with E-state index in [9.17, 15) is 9.46 Å². The lowest BCUT2D eigenvalue weighted by Crippen LogP contribution is -2.00. The number of rotatable bonds is 18. The first-order valence-electron chi connectivity index (χ1n) is 12.1. The summed E-state index contributed by atoms with van der Waals surface area (Å²) in [5, 5.41) is 0. The number of hydrogen-bond acceptors (Lipinski definition) is 4. The fourth-order valence-corrected chi connectivity index (χ4v) is 4.31. The quantitative estimate of drug-likeness (QED) is 0.178. The number of hydrogen-bond donors (Lipinski definition) is 1. The van der Waals surface area contributed by atoms with Gasteiger partial charge >= 0.3 is 7.82 Å². The maximum Gasteiger partial charge on any atom is 0.584 e. The molecule has 0 aliphatic rings. The van der Waals surface area contributed by atoms with E-state index < -0.39 is 7.82 Å². The average Bonchev–Trinajstić information content (AvgIpc) is 2.78. The predicted molar refractivity (Wildman–Crippen MR) is 131 cm³/mol. The van der Waals surface area contributed by atoms with E-state index in [1.165, 1.54) is 70.6 Å². The molecule has 2 aromatic rings. The van der Waals surface area contributed by atoms with Crippen LogP contribution in [0.2, 0.25) is 0 Å². The summed E-state index contributed by atoms with van der Waals surface area (Å²) in [4.78, 5) is 9.91. The number of phosphoric ester groups is 1. The highest BCUT2D eigenvalue weighted by Crippen LogP contribution is 2.44. The molecular weight excluding hydrogens is 423 g/mol. The largest absolute Gasteiger partial charge is 0.584 e. The summed E-state index contributed by atoms with van der Waals surface area (Å²) in [6.07, 6.45) is 15.8. The van der Waals surface area contributed by atoms with Gasteiger partial charge in [0.25, 0.3) is 0 Å². The van der Waals surface area contributed by atoms with Gasteiger partial charge in [-0.2, -0.15) is 0 Å². The highest BCUT2D eigenvalue weighted by molar-refractivity contribution is 7.48. The molecule has 5 nitrogen and oxygen atoms in total. The Morgan fingerprint density at radius 3 is 1.59 bits per heavy atom. The van der Waals surface area contributed by atoms with Gasteiger partial charge in [0, 0.05) is 0 Å². The zero-order valence-electron chi connectivity index (χ0n) is 19.4. The average molecular weight is 463 g/mol. The van der Waals surface area contributed by atoms with Gasteiger partial charge in [-0.1, -0.05) is 95.8 Å². The third-order valence-electron chi connectivity index (χ3n) is 5.28. The Morgan fingerprint density at radius 1 is 0.625 bits per heavy atom. The van der Waals surface area contributed by atoms with E-state index in [-0.39, 0.29) is 11.5 Å². The van der Waals surface area contributed by atoms with Gasteiger partial charge in [-0.15, -0.1) is 0 Å². The molecule has 6 heteroatoms. The molecule has 1 unspecified atom stereocenters. The Balaban J connectivity index is 1.51. The molecule has 0 bridgehead atoms. The molecule has 0 fully saturated rings. The molecule has 0 saturated heterocycles. The molecule has 0 aliphatic carbocycles. The van der Waals surface area contributed by atoms with E-state index in [1.54, 1.807) is 54.6 Å². The number of unbranched alkanes of at least 4 members (excludes halogenated alkanes) is 11. The molecule has 1 N–H and O–H groups in total. The monoisotopic (exact) mass is 462 g/mol. The molecule has 1 atom stereocenters. The Labute approximate surface area is 193 Å². The van der Waals surface area contributed by atoms with Crippen molar-refractivity contribution in [1.82, 2.24) is 0 Å². The first-order valence-corrected chi connectivity index (χ1v) is 13.6. The van der Waals surface area contributed by atoms with Crippen LogP contribution in [0, 0.1) is 0 Å². The predicted octanol–water partition coefficient (Wildman–Crippen LogP) is 8.32. The maximum atomic E-state index is 12.1. The van der Waals surface area contributed by atoms with Crippen molar-refractivity contribution in [2.24, 2.45) is 0 Å². The third kappa shape index (κ3) is 12.2. The number of benzene rings is 2. The van der Waals surface area contributed by atoms with Crippen LogP contribution in [0.1, 0.15) is 84.0 Å². The molecule has 0 aromatic heterocycles. The van der Waals surface area contributed by atoms with Crippen LogP contribution in [0.4, 0.5) is 0 Å². The van der Waals surface area contributed by atoms with Crippen LogP contribution in [-0.4, -0.2) is 11.5 Å². The minimum absolute atomic E-state index is 0.254. The summed E-state index contributed by atoms with van der Waals surface area (Å²) in [7, 11) is -4.24. The first-order chi connectivity index (χ1) is 15.6. The lowest BCUT2D eigenvalue weighted by Gasteiger charge is -2.14. The molecule has 0 aliphatic heterocycles. The highest BCUT2D eigenvalue weighted by atomic mass is 31.2. The SMILES string of the molecule is CCCCCCCCCCCCCCOc1ccc(OP(=O)(O)Oc2ccccc2)cc1.